The lowest BCUT2D eigenvalue weighted by atomic mass is 10.1. The van der Waals surface area contributed by atoms with Crippen LogP contribution in [0, 0.1) is 0 Å². The van der Waals surface area contributed by atoms with Gasteiger partial charge in [0.2, 0.25) is 0 Å². The Morgan fingerprint density at radius 3 is 2.81 bits per heavy atom. The number of carbonyl (C=O) groups is 1. The highest BCUT2D eigenvalue weighted by Crippen LogP contribution is 2.26. The van der Waals surface area contributed by atoms with Crippen molar-refractivity contribution in [2.75, 3.05) is 20.2 Å². The lowest BCUT2D eigenvalue weighted by molar-refractivity contribution is 0.00434. The molecule has 0 saturated carbocycles. The Hall–Kier alpha value is -2.80. The van der Waals surface area contributed by atoms with E-state index >= 15 is 0 Å². The second-order valence-corrected chi connectivity index (χ2v) is 6.52. The average Bonchev–Trinajstić information content (AvgIpc) is 2.72. The summed E-state index contributed by atoms with van der Waals surface area (Å²) in [7, 11) is 1.50. The first-order chi connectivity index (χ1) is 13.2. The van der Waals surface area contributed by atoms with Crippen LogP contribution >= 0.6 is 0 Å². The molecule has 1 aromatic heterocycles. The number of amides is 2. The molecule has 1 aromatic carbocycles. The zero-order valence-corrected chi connectivity index (χ0v) is 15.4. The molecule has 27 heavy (non-hydrogen) atoms. The van der Waals surface area contributed by atoms with Crippen molar-refractivity contribution >= 4 is 6.03 Å². The van der Waals surface area contributed by atoms with Gasteiger partial charge in [0.15, 0.2) is 11.5 Å². The highest BCUT2D eigenvalue weighted by molar-refractivity contribution is 5.74. The van der Waals surface area contributed by atoms with E-state index in [0.717, 1.165) is 24.0 Å². The molecule has 7 heteroatoms. The number of likely N-dealkylation sites (tertiary alicyclic amines) is 1. The van der Waals surface area contributed by atoms with Gasteiger partial charge in [0.1, 0.15) is 0 Å². The molecule has 2 amide bonds. The number of aromatic nitrogens is 1. The van der Waals surface area contributed by atoms with Crippen molar-refractivity contribution in [3.8, 4) is 11.5 Å². The van der Waals surface area contributed by atoms with Crippen molar-refractivity contribution < 1.29 is 19.4 Å². The number of aromatic hydroxyl groups is 1. The molecule has 1 fully saturated rings. The molecule has 0 bridgehead atoms. The van der Waals surface area contributed by atoms with E-state index in [4.69, 9.17) is 9.47 Å². The maximum atomic E-state index is 12.4. The number of phenolic OH excluding ortho intramolecular Hbond substituents is 1. The first-order valence-electron chi connectivity index (χ1n) is 9.05. The molecule has 1 aliphatic heterocycles. The molecule has 2 N–H and O–H groups in total. The molecule has 1 saturated heterocycles. The van der Waals surface area contributed by atoms with Gasteiger partial charge < -0.3 is 24.8 Å². The Balaban J connectivity index is 1.40. The van der Waals surface area contributed by atoms with E-state index in [0.29, 0.717) is 32.0 Å². The minimum Gasteiger partial charge on any atom is -0.504 e. The highest BCUT2D eigenvalue weighted by atomic mass is 16.5. The van der Waals surface area contributed by atoms with Crippen LogP contribution in [-0.4, -0.2) is 47.3 Å². The lowest BCUT2D eigenvalue weighted by Gasteiger charge is -2.32. The number of phenols is 1. The van der Waals surface area contributed by atoms with E-state index in [1.54, 1.807) is 30.6 Å². The number of methoxy groups -OCH3 is 1. The van der Waals surface area contributed by atoms with Gasteiger partial charge in [-0.3, -0.25) is 4.98 Å². The number of urea groups is 1. The molecular formula is C20H25N3O4. The summed E-state index contributed by atoms with van der Waals surface area (Å²) in [6, 6.07) is 8.84. The number of pyridine rings is 1. The van der Waals surface area contributed by atoms with Gasteiger partial charge in [-0.1, -0.05) is 12.1 Å². The topological polar surface area (TPSA) is 83.9 Å². The normalized spacial score (nSPS) is 14.8. The van der Waals surface area contributed by atoms with Gasteiger partial charge in [-0.2, -0.15) is 0 Å². The minimum atomic E-state index is -0.0900. The third-order valence-electron chi connectivity index (χ3n) is 4.63. The van der Waals surface area contributed by atoms with E-state index in [9.17, 15) is 9.90 Å². The van der Waals surface area contributed by atoms with E-state index in [2.05, 4.69) is 10.3 Å². The molecule has 144 valence electrons. The van der Waals surface area contributed by atoms with E-state index in [1.165, 1.54) is 7.11 Å². The number of nitrogens with one attached hydrogen (secondary N) is 1. The van der Waals surface area contributed by atoms with Gasteiger partial charge in [0.05, 0.1) is 19.8 Å². The molecule has 0 spiro atoms. The maximum Gasteiger partial charge on any atom is 0.317 e. The molecule has 0 radical (unpaired) electrons. The third kappa shape index (κ3) is 5.34. The first-order valence-corrected chi connectivity index (χ1v) is 9.05. The van der Waals surface area contributed by atoms with Crippen LogP contribution in [0.3, 0.4) is 0 Å². The van der Waals surface area contributed by atoms with Gasteiger partial charge >= 0.3 is 6.03 Å². The number of hydrogen-bond acceptors (Lipinski definition) is 5. The van der Waals surface area contributed by atoms with Gasteiger partial charge in [-0.15, -0.1) is 0 Å². The zero-order valence-electron chi connectivity index (χ0n) is 15.4. The van der Waals surface area contributed by atoms with Crippen molar-refractivity contribution in [3.63, 3.8) is 0 Å². The van der Waals surface area contributed by atoms with Gasteiger partial charge in [0, 0.05) is 32.0 Å². The van der Waals surface area contributed by atoms with Crippen molar-refractivity contribution in [1.29, 1.82) is 0 Å². The summed E-state index contributed by atoms with van der Waals surface area (Å²) < 4.78 is 11.0. The molecule has 2 heterocycles. The molecule has 0 aliphatic carbocycles. The highest BCUT2D eigenvalue weighted by Gasteiger charge is 2.23. The number of carbonyl (C=O) groups excluding carboxylic acids is 1. The van der Waals surface area contributed by atoms with Crippen LogP contribution in [0.2, 0.25) is 0 Å². The van der Waals surface area contributed by atoms with Crippen LogP contribution in [0.15, 0.2) is 42.7 Å². The smallest absolute Gasteiger partial charge is 0.317 e. The number of ether oxygens (including phenoxy) is 2. The minimum absolute atomic E-state index is 0.0842. The lowest BCUT2D eigenvalue weighted by Crippen LogP contribution is -2.45. The third-order valence-corrected chi connectivity index (χ3v) is 4.63. The van der Waals surface area contributed by atoms with E-state index in [-0.39, 0.29) is 17.9 Å². The second kappa shape index (κ2) is 9.23. The van der Waals surface area contributed by atoms with Crippen LogP contribution in [0.4, 0.5) is 4.79 Å². The number of nitrogens with zero attached hydrogens (tertiary/aromatic N) is 2. The quantitative estimate of drug-likeness (QED) is 0.816. The fraction of sp³-hybridized carbons (Fsp3) is 0.400. The van der Waals surface area contributed by atoms with Crippen molar-refractivity contribution in [3.05, 3.63) is 53.9 Å². The van der Waals surface area contributed by atoms with Crippen LogP contribution in [0.25, 0.3) is 0 Å². The van der Waals surface area contributed by atoms with E-state index < -0.39 is 0 Å². The first kappa shape index (κ1) is 19.0. The Bertz CT molecular complexity index is 746. The summed E-state index contributed by atoms with van der Waals surface area (Å²) in [5.74, 6) is 0.481. The molecular weight excluding hydrogens is 346 g/mol. The molecule has 0 atom stereocenters. The SMILES string of the molecule is COc1cc(CNC(=O)N2CCC(OCc3cccnc3)CC2)ccc1O. The van der Waals surface area contributed by atoms with Crippen LogP contribution in [0.1, 0.15) is 24.0 Å². The summed E-state index contributed by atoms with van der Waals surface area (Å²) in [5.41, 5.74) is 1.93. The molecule has 2 aromatic rings. The largest absolute Gasteiger partial charge is 0.504 e. The Morgan fingerprint density at radius 1 is 1.30 bits per heavy atom. The average molecular weight is 371 g/mol. The maximum absolute atomic E-state index is 12.4. The summed E-state index contributed by atoms with van der Waals surface area (Å²) in [6.45, 7) is 2.27. The summed E-state index contributed by atoms with van der Waals surface area (Å²) in [5, 5.41) is 12.5. The van der Waals surface area contributed by atoms with Crippen LogP contribution in [0.5, 0.6) is 11.5 Å². The number of hydrogen-bond donors (Lipinski definition) is 2. The fourth-order valence-corrected chi connectivity index (χ4v) is 3.04. The van der Waals surface area contributed by atoms with Gasteiger partial charge in [0.25, 0.3) is 0 Å². The number of benzene rings is 1. The van der Waals surface area contributed by atoms with Gasteiger partial charge in [-0.25, -0.2) is 4.79 Å². The summed E-state index contributed by atoms with van der Waals surface area (Å²) in [4.78, 5) is 18.3. The van der Waals surface area contributed by atoms with Crippen LogP contribution in [-0.2, 0) is 17.9 Å². The Kier molecular flexibility index (Phi) is 6.49. The predicted octanol–water partition coefficient (Wildman–Crippen LogP) is 2.69. The van der Waals surface area contributed by atoms with Crippen LogP contribution < -0.4 is 10.1 Å². The molecule has 1 aliphatic rings. The molecule has 7 nitrogen and oxygen atoms in total. The van der Waals surface area contributed by atoms with Crippen molar-refractivity contribution in [2.45, 2.75) is 32.1 Å². The van der Waals surface area contributed by atoms with Crippen molar-refractivity contribution in [2.24, 2.45) is 0 Å². The van der Waals surface area contributed by atoms with Gasteiger partial charge in [-0.05, 0) is 42.2 Å². The molecule has 3 rings (SSSR count). The number of rotatable bonds is 6. The van der Waals surface area contributed by atoms with Crippen molar-refractivity contribution in [1.82, 2.24) is 15.2 Å². The Morgan fingerprint density at radius 2 is 2.11 bits per heavy atom. The van der Waals surface area contributed by atoms with E-state index in [1.807, 2.05) is 17.0 Å². The molecule has 0 unspecified atom stereocenters. The monoisotopic (exact) mass is 371 g/mol. The Labute approximate surface area is 158 Å². The zero-order chi connectivity index (χ0) is 19.1. The summed E-state index contributed by atoms with van der Waals surface area (Å²) in [6.07, 6.45) is 5.35. The second-order valence-electron chi connectivity index (χ2n) is 6.52. The predicted molar refractivity (Wildman–Crippen MR) is 101 cm³/mol. The summed E-state index contributed by atoms with van der Waals surface area (Å²) >= 11 is 0. The standard InChI is InChI=1S/C20H25N3O4/c1-26-19-11-15(4-5-18(19)24)13-22-20(25)23-9-6-17(7-10-23)27-14-16-3-2-8-21-12-16/h2-5,8,11-12,17,24H,6-7,9-10,13-14H2,1H3,(H,22,25). The number of piperidine rings is 1. The fourth-order valence-electron chi connectivity index (χ4n) is 3.04.